The minimum Gasteiger partial charge on any atom is -0.396 e. The van der Waals surface area contributed by atoms with Crippen molar-refractivity contribution < 1.29 is 14.7 Å². The lowest BCUT2D eigenvalue weighted by Crippen LogP contribution is -2.50. The van der Waals surface area contributed by atoms with Crippen LogP contribution in [0.4, 0.5) is 0 Å². The highest BCUT2D eigenvalue weighted by Gasteiger charge is 2.58. The van der Waals surface area contributed by atoms with Crippen LogP contribution in [0.3, 0.4) is 0 Å². The first-order chi connectivity index (χ1) is 12.5. The van der Waals surface area contributed by atoms with Crippen LogP contribution in [0.2, 0.25) is 0 Å². The van der Waals surface area contributed by atoms with Gasteiger partial charge in [-0.3, -0.25) is 9.59 Å². The van der Waals surface area contributed by atoms with Crippen molar-refractivity contribution in [1.82, 2.24) is 0 Å². The second-order valence-corrected chi connectivity index (χ2v) is 9.63. The Kier molecular flexibility index (Phi) is 5.11. The van der Waals surface area contributed by atoms with Gasteiger partial charge in [0.25, 0.3) is 0 Å². The first-order valence-corrected chi connectivity index (χ1v) is 10.9. The number of carbonyl (C=O) groups is 2. The molecule has 0 heterocycles. The number of Topliss-reactive ketones (excluding diaryl/α,β-unsaturated/α-hetero) is 1. The van der Waals surface area contributed by atoms with E-state index < -0.39 is 0 Å². The zero-order valence-electron chi connectivity index (χ0n) is 16.2. The van der Waals surface area contributed by atoms with Crippen LogP contribution in [0, 0.1) is 35.0 Å². The number of ketones is 2. The second-order valence-electron chi connectivity index (χ2n) is 9.63. The minimum atomic E-state index is -0.0732. The van der Waals surface area contributed by atoms with Crippen LogP contribution in [-0.4, -0.2) is 23.3 Å². The lowest BCUT2D eigenvalue weighted by Gasteiger charge is -2.55. The van der Waals surface area contributed by atoms with Crippen molar-refractivity contribution in [3.8, 4) is 0 Å². The van der Waals surface area contributed by atoms with Gasteiger partial charge in [0, 0.05) is 24.9 Å². The molecule has 0 saturated heterocycles. The Balaban J connectivity index is 1.60. The molecule has 3 fully saturated rings. The number of carbonyl (C=O) groups excluding carboxylic acids is 2. The van der Waals surface area contributed by atoms with Crippen molar-refractivity contribution in [2.45, 2.75) is 77.6 Å². The molecule has 0 aromatic carbocycles. The molecule has 3 saturated carbocycles. The van der Waals surface area contributed by atoms with E-state index in [9.17, 15) is 9.59 Å². The van der Waals surface area contributed by atoms with Crippen molar-refractivity contribution in [2.24, 2.45) is 35.0 Å². The SMILES string of the molecule is C[C@]12CC[C@H]3[C@@H]([C@H](CCCCCO)CC4=CC(=O)CC[C@@H]43)[C@@H]1CCC2=O. The van der Waals surface area contributed by atoms with E-state index in [1.165, 1.54) is 18.4 Å². The van der Waals surface area contributed by atoms with E-state index in [0.717, 1.165) is 57.8 Å². The summed E-state index contributed by atoms with van der Waals surface area (Å²) in [4.78, 5) is 24.7. The summed E-state index contributed by atoms with van der Waals surface area (Å²) in [5.41, 5.74) is 1.36. The monoisotopic (exact) mass is 358 g/mol. The largest absolute Gasteiger partial charge is 0.396 e. The molecule has 0 radical (unpaired) electrons. The van der Waals surface area contributed by atoms with Crippen LogP contribution < -0.4 is 0 Å². The molecule has 0 unspecified atom stereocenters. The molecule has 0 bridgehead atoms. The van der Waals surface area contributed by atoms with Crippen molar-refractivity contribution in [2.75, 3.05) is 6.61 Å². The summed E-state index contributed by atoms with van der Waals surface area (Å²) < 4.78 is 0. The molecule has 6 atom stereocenters. The Labute approximate surface area is 157 Å². The average Bonchev–Trinajstić information content (AvgIpc) is 2.93. The number of rotatable bonds is 5. The number of allylic oxidation sites excluding steroid dienone is 1. The highest BCUT2D eigenvalue weighted by molar-refractivity contribution is 5.91. The lowest BCUT2D eigenvalue weighted by atomic mass is 9.49. The Morgan fingerprint density at radius 1 is 1.12 bits per heavy atom. The highest BCUT2D eigenvalue weighted by Crippen LogP contribution is 2.62. The van der Waals surface area contributed by atoms with Crippen molar-refractivity contribution in [1.29, 1.82) is 0 Å². The van der Waals surface area contributed by atoms with Gasteiger partial charge >= 0.3 is 0 Å². The van der Waals surface area contributed by atoms with E-state index >= 15 is 0 Å². The summed E-state index contributed by atoms with van der Waals surface area (Å²) in [7, 11) is 0. The molecular weight excluding hydrogens is 324 g/mol. The number of hydrogen-bond acceptors (Lipinski definition) is 3. The first-order valence-electron chi connectivity index (χ1n) is 10.9. The van der Waals surface area contributed by atoms with Crippen LogP contribution >= 0.6 is 0 Å². The molecule has 4 aliphatic rings. The summed E-state index contributed by atoms with van der Waals surface area (Å²) >= 11 is 0. The predicted molar refractivity (Wildman–Crippen MR) is 102 cm³/mol. The van der Waals surface area contributed by atoms with Crippen molar-refractivity contribution in [3.63, 3.8) is 0 Å². The number of unbranched alkanes of at least 4 members (excludes halogenated alkanes) is 2. The number of fused-ring (bicyclic) bond motifs is 5. The molecule has 144 valence electrons. The summed E-state index contributed by atoms with van der Waals surface area (Å²) in [5.74, 6) is 4.00. The third-order valence-electron chi connectivity index (χ3n) is 8.41. The van der Waals surface area contributed by atoms with Gasteiger partial charge in [0.1, 0.15) is 5.78 Å². The molecule has 0 aromatic rings. The standard InChI is InChI=1S/C23H34O3/c1-23-11-10-19-18-7-6-17(25)14-16(18)13-15(5-3-2-4-12-24)22(19)20(23)8-9-21(23)26/h14-15,18-20,22,24H,2-13H2,1H3/t15-,18+,19-,20+,22-,23+/m1/s1. The van der Waals surface area contributed by atoms with Gasteiger partial charge in [-0.2, -0.15) is 0 Å². The van der Waals surface area contributed by atoms with Crippen molar-refractivity contribution >= 4 is 11.6 Å². The minimum absolute atomic E-state index is 0.0732. The number of aliphatic hydroxyl groups is 1. The summed E-state index contributed by atoms with van der Waals surface area (Å²) in [6.45, 7) is 2.54. The molecule has 26 heavy (non-hydrogen) atoms. The Morgan fingerprint density at radius 2 is 1.96 bits per heavy atom. The zero-order valence-corrected chi connectivity index (χ0v) is 16.2. The zero-order chi connectivity index (χ0) is 18.3. The fourth-order valence-corrected chi connectivity index (χ4v) is 7.14. The van der Waals surface area contributed by atoms with Gasteiger partial charge in [-0.05, 0) is 80.6 Å². The molecule has 0 aliphatic heterocycles. The Morgan fingerprint density at radius 3 is 2.77 bits per heavy atom. The average molecular weight is 359 g/mol. The van der Waals surface area contributed by atoms with Crippen LogP contribution in [0.15, 0.2) is 11.6 Å². The number of aliphatic hydroxyl groups excluding tert-OH is 1. The molecular formula is C23H34O3. The predicted octanol–water partition coefficient (Wildman–Crippen LogP) is 4.48. The van der Waals surface area contributed by atoms with Crippen LogP contribution in [0.5, 0.6) is 0 Å². The van der Waals surface area contributed by atoms with Gasteiger partial charge in [0.05, 0.1) is 0 Å². The summed E-state index contributed by atoms with van der Waals surface area (Å²) in [6.07, 6.45) is 13.3. The fraction of sp³-hybridized carbons (Fsp3) is 0.826. The van der Waals surface area contributed by atoms with Gasteiger partial charge in [0.15, 0.2) is 5.78 Å². The third kappa shape index (κ3) is 3.00. The maximum Gasteiger partial charge on any atom is 0.155 e. The number of hydrogen-bond donors (Lipinski definition) is 1. The molecule has 0 amide bonds. The van der Waals surface area contributed by atoms with E-state index in [-0.39, 0.29) is 12.0 Å². The van der Waals surface area contributed by atoms with E-state index in [2.05, 4.69) is 6.92 Å². The van der Waals surface area contributed by atoms with E-state index in [1.54, 1.807) is 0 Å². The van der Waals surface area contributed by atoms with Gasteiger partial charge in [-0.1, -0.05) is 25.3 Å². The summed E-state index contributed by atoms with van der Waals surface area (Å²) in [5, 5.41) is 9.08. The maximum atomic E-state index is 12.7. The molecule has 0 aromatic heterocycles. The molecule has 3 nitrogen and oxygen atoms in total. The van der Waals surface area contributed by atoms with Crippen LogP contribution in [-0.2, 0) is 9.59 Å². The first kappa shape index (κ1) is 18.4. The molecule has 4 rings (SSSR count). The van der Waals surface area contributed by atoms with Crippen LogP contribution in [0.1, 0.15) is 77.6 Å². The quantitative estimate of drug-likeness (QED) is 0.737. The van der Waals surface area contributed by atoms with Gasteiger partial charge in [0.2, 0.25) is 0 Å². The van der Waals surface area contributed by atoms with E-state index in [1.807, 2.05) is 6.08 Å². The molecule has 1 N–H and O–H groups in total. The van der Waals surface area contributed by atoms with Gasteiger partial charge < -0.3 is 5.11 Å². The third-order valence-corrected chi connectivity index (χ3v) is 8.41. The van der Waals surface area contributed by atoms with Gasteiger partial charge in [-0.25, -0.2) is 0 Å². The molecule has 0 spiro atoms. The Hall–Kier alpha value is -0.960. The van der Waals surface area contributed by atoms with Crippen LogP contribution in [0.25, 0.3) is 0 Å². The normalized spacial score (nSPS) is 42.1. The van der Waals surface area contributed by atoms with E-state index in [0.29, 0.717) is 41.2 Å². The maximum absolute atomic E-state index is 12.7. The molecule has 4 aliphatic carbocycles. The smallest absolute Gasteiger partial charge is 0.155 e. The highest BCUT2D eigenvalue weighted by atomic mass is 16.2. The van der Waals surface area contributed by atoms with E-state index in [4.69, 9.17) is 5.11 Å². The fourth-order valence-electron chi connectivity index (χ4n) is 7.14. The summed E-state index contributed by atoms with van der Waals surface area (Å²) in [6, 6.07) is 0. The molecule has 3 heteroatoms. The van der Waals surface area contributed by atoms with Gasteiger partial charge in [-0.15, -0.1) is 0 Å². The topological polar surface area (TPSA) is 54.4 Å². The second kappa shape index (κ2) is 7.22. The lowest BCUT2D eigenvalue weighted by molar-refractivity contribution is -0.132. The Bertz CT molecular complexity index is 607. The van der Waals surface area contributed by atoms with Crippen molar-refractivity contribution in [3.05, 3.63) is 11.6 Å².